The van der Waals surface area contributed by atoms with E-state index in [1.54, 1.807) is 0 Å². The van der Waals surface area contributed by atoms with E-state index < -0.39 is 11.9 Å². The molecule has 1 atom stereocenters. The molecule has 0 bridgehead atoms. The molecular formula is C29H54O4. The van der Waals surface area contributed by atoms with Crippen LogP contribution in [0.25, 0.3) is 0 Å². The zero-order valence-electron chi connectivity index (χ0n) is 22.0. The molecule has 1 unspecified atom stereocenters. The van der Waals surface area contributed by atoms with Gasteiger partial charge in [-0.05, 0) is 32.1 Å². The second kappa shape index (κ2) is 25.3. The molecule has 194 valence electrons. The lowest BCUT2D eigenvalue weighted by atomic mass is 9.97. The third-order valence-electron chi connectivity index (χ3n) is 6.25. The Labute approximate surface area is 204 Å². The van der Waals surface area contributed by atoms with Gasteiger partial charge in [0.25, 0.3) is 0 Å². The summed E-state index contributed by atoms with van der Waals surface area (Å²) in [7, 11) is 0. The molecular weight excluding hydrogens is 412 g/mol. The van der Waals surface area contributed by atoms with Crippen molar-refractivity contribution in [3.63, 3.8) is 0 Å². The average Bonchev–Trinajstić information content (AvgIpc) is 2.80. The molecule has 1 N–H and O–H groups in total. The number of allylic oxidation sites excluding steroid dienone is 2. The summed E-state index contributed by atoms with van der Waals surface area (Å²) in [6.07, 6.45) is 29.2. The van der Waals surface area contributed by atoms with Crippen LogP contribution >= 0.6 is 0 Å². The topological polar surface area (TPSA) is 63.6 Å². The van der Waals surface area contributed by atoms with E-state index in [4.69, 9.17) is 9.84 Å². The number of unbranched alkanes of at least 4 members (excludes halogenated alkanes) is 16. The van der Waals surface area contributed by atoms with Crippen molar-refractivity contribution in [1.82, 2.24) is 0 Å². The smallest absolute Gasteiger partial charge is 0.309 e. The van der Waals surface area contributed by atoms with Gasteiger partial charge in [-0.25, -0.2) is 0 Å². The van der Waals surface area contributed by atoms with Gasteiger partial charge < -0.3 is 9.84 Å². The van der Waals surface area contributed by atoms with Crippen LogP contribution < -0.4 is 0 Å². The van der Waals surface area contributed by atoms with Crippen molar-refractivity contribution in [3.8, 4) is 0 Å². The minimum absolute atomic E-state index is 0.112. The highest BCUT2D eigenvalue weighted by molar-refractivity contribution is 5.79. The van der Waals surface area contributed by atoms with Crippen LogP contribution in [0.5, 0.6) is 0 Å². The lowest BCUT2D eigenvalue weighted by molar-refractivity contribution is -0.153. The molecule has 0 aromatic rings. The number of carboxylic acid groups (broad SMARTS) is 1. The van der Waals surface area contributed by atoms with E-state index in [0.717, 1.165) is 19.3 Å². The van der Waals surface area contributed by atoms with Crippen LogP contribution in [0.1, 0.15) is 149 Å². The highest BCUT2D eigenvalue weighted by Gasteiger charge is 2.22. The van der Waals surface area contributed by atoms with E-state index in [1.807, 2.05) is 6.92 Å². The van der Waals surface area contributed by atoms with E-state index in [-0.39, 0.29) is 12.4 Å². The third kappa shape index (κ3) is 23.6. The van der Waals surface area contributed by atoms with Crippen LogP contribution in [-0.4, -0.2) is 23.7 Å². The number of esters is 1. The lowest BCUT2D eigenvalue weighted by Gasteiger charge is -2.13. The summed E-state index contributed by atoms with van der Waals surface area (Å²) >= 11 is 0. The number of rotatable bonds is 25. The van der Waals surface area contributed by atoms with Crippen molar-refractivity contribution < 1.29 is 19.4 Å². The van der Waals surface area contributed by atoms with Gasteiger partial charge >= 0.3 is 11.9 Å². The minimum Gasteiger partial charge on any atom is -0.481 e. The number of carbonyl (C=O) groups is 2. The molecule has 0 aliphatic heterocycles. The maximum Gasteiger partial charge on any atom is 0.309 e. The molecule has 33 heavy (non-hydrogen) atoms. The quantitative estimate of drug-likeness (QED) is 0.0828. The zero-order chi connectivity index (χ0) is 24.4. The van der Waals surface area contributed by atoms with Crippen LogP contribution in [-0.2, 0) is 14.3 Å². The molecule has 0 heterocycles. The van der Waals surface area contributed by atoms with Gasteiger partial charge in [-0.3, -0.25) is 9.59 Å². The predicted molar refractivity (Wildman–Crippen MR) is 140 cm³/mol. The fraction of sp³-hybridized carbons (Fsp3) is 0.862. The van der Waals surface area contributed by atoms with Gasteiger partial charge in [0.15, 0.2) is 0 Å². The van der Waals surface area contributed by atoms with E-state index in [9.17, 15) is 9.59 Å². The Bertz CT molecular complexity index is 472. The Morgan fingerprint density at radius 3 is 1.58 bits per heavy atom. The van der Waals surface area contributed by atoms with Gasteiger partial charge in [0.2, 0.25) is 0 Å². The molecule has 4 nitrogen and oxygen atoms in total. The molecule has 0 aromatic carbocycles. The Hall–Kier alpha value is -1.32. The SMILES string of the molecule is CCC/C=C/CCCCCCCCCCCCCCCCCC(CC(=O)O)C(=O)OCCC. The molecule has 0 spiro atoms. The Kier molecular flexibility index (Phi) is 24.3. The van der Waals surface area contributed by atoms with Crippen molar-refractivity contribution in [1.29, 1.82) is 0 Å². The Balaban J connectivity index is 3.41. The van der Waals surface area contributed by atoms with E-state index in [0.29, 0.717) is 13.0 Å². The molecule has 0 radical (unpaired) electrons. The summed E-state index contributed by atoms with van der Waals surface area (Å²) in [5, 5.41) is 9.01. The summed E-state index contributed by atoms with van der Waals surface area (Å²) in [5.41, 5.74) is 0. The fourth-order valence-electron chi connectivity index (χ4n) is 4.19. The fourth-order valence-corrected chi connectivity index (χ4v) is 4.19. The number of ether oxygens (including phenoxy) is 1. The van der Waals surface area contributed by atoms with Crippen molar-refractivity contribution in [3.05, 3.63) is 12.2 Å². The largest absolute Gasteiger partial charge is 0.481 e. The molecule has 0 aliphatic rings. The first-order valence-corrected chi connectivity index (χ1v) is 14.1. The monoisotopic (exact) mass is 466 g/mol. The summed E-state index contributed by atoms with van der Waals surface area (Å²) in [6, 6.07) is 0. The predicted octanol–water partition coefficient (Wildman–Crippen LogP) is 9.02. The maximum atomic E-state index is 12.0. The Morgan fingerprint density at radius 1 is 0.667 bits per heavy atom. The van der Waals surface area contributed by atoms with Crippen molar-refractivity contribution in [2.75, 3.05) is 6.61 Å². The number of carboxylic acids is 1. The van der Waals surface area contributed by atoms with E-state index in [2.05, 4.69) is 19.1 Å². The highest BCUT2D eigenvalue weighted by atomic mass is 16.5. The third-order valence-corrected chi connectivity index (χ3v) is 6.25. The second-order valence-electron chi connectivity index (χ2n) is 9.60. The van der Waals surface area contributed by atoms with Crippen LogP contribution in [0.2, 0.25) is 0 Å². The Morgan fingerprint density at radius 2 is 1.12 bits per heavy atom. The summed E-state index contributed by atoms with van der Waals surface area (Å²) in [6.45, 7) is 4.55. The number of hydrogen-bond acceptors (Lipinski definition) is 3. The molecule has 0 saturated carbocycles. The normalized spacial score (nSPS) is 12.3. The molecule has 4 heteroatoms. The lowest BCUT2D eigenvalue weighted by Crippen LogP contribution is -2.21. The first-order valence-electron chi connectivity index (χ1n) is 14.1. The van der Waals surface area contributed by atoms with Gasteiger partial charge in [-0.15, -0.1) is 0 Å². The first kappa shape index (κ1) is 31.7. The molecule has 0 aliphatic carbocycles. The summed E-state index contributed by atoms with van der Waals surface area (Å²) in [4.78, 5) is 23.0. The van der Waals surface area contributed by atoms with Crippen LogP contribution in [0.3, 0.4) is 0 Å². The average molecular weight is 467 g/mol. The molecule has 0 rings (SSSR count). The standard InChI is InChI=1S/C29H54O4/c1-3-5-6-7-8-9-10-11-12-13-14-15-16-17-18-19-20-21-22-23-24-27(26-28(30)31)29(32)33-25-4-2/h6-7,27H,3-5,8-26H2,1-2H3,(H,30,31)/b7-6+. The molecule has 0 fully saturated rings. The summed E-state index contributed by atoms with van der Waals surface area (Å²) in [5.74, 6) is -1.74. The van der Waals surface area contributed by atoms with Crippen molar-refractivity contribution in [2.24, 2.45) is 5.92 Å². The van der Waals surface area contributed by atoms with Gasteiger partial charge in [0, 0.05) is 0 Å². The van der Waals surface area contributed by atoms with E-state index in [1.165, 1.54) is 103 Å². The second-order valence-corrected chi connectivity index (χ2v) is 9.60. The van der Waals surface area contributed by atoms with Gasteiger partial charge in [0.05, 0.1) is 18.9 Å². The maximum absolute atomic E-state index is 12.0. The number of carbonyl (C=O) groups excluding carboxylic acids is 1. The first-order chi connectivity index (χ1) is 16.1. The molecule has 0 saturated heterocycles. The van der Waals surface area contributed by atoms with Crippen LogP contribution in [0.4, 0.5) is 0 Å². The van der Waals surface area contributed by atoms with Gasteiger partial charge in [0.1, 0.15) is 0 Å². The molecule has 0 aromatic heterocycles. The van der Waals surface area contributed by atoms with Crippen LogP contribution in [0, 0.1) is 5.92 Å². The zero-order valence-corrected chi connectivity index (χ0v) is 22.0. The summed E-state index contributed by atoms with van der Waals surface area (Å²) < 4.78 is 5.14. The van der Waals surface area contributed by atoms with Crippen LogP contribution in [0.15, 0.2) is 12.2 Å². The van der Waals surface area contributed by atoms with Crippen molar-refractivity contribution >= 4 is 11.9 Å². The minimum atomic E-state index is -0.917. The number of hydrogen-bond donors (Lipinski definition) is 1. The van der Waals surface area contributed by atoms with Crippen molar-refractivity contribution in [2.45, 2.75) is 149 Å². The highest BCUT2D eigenvalue weighted by Crippen LogP contribution is 2.18. The number of aliphatic carboxylic acids is 1. The van der Waals surface area contributed by atoms with Gasteiger partial charge in [-0.2, -0.15) is 0 Å². The molecule has 0 amide bonds. The van der Waals surface area contributed by atoms with Gasteiger partial charge in [-0.1, -0.05) is 122 Å². The van der Waals surface area contributed by atoms with E-state index >= 15 is 0 Å².